The van der Waals surface area contributed by atoms with Crippen LogP contribution in [0, 0.1) is 0 Å². The molecule has 128 valence electrons. The molecular formula is C17H26BrN3O2. The molecule has 0 bridgehead atoms. The third kappa shape index (κ3) is 6.12. The minimum absolute atomic E-state index is 0.434. The zero-order chi connectivity index (χ0) is 17.0. The van der Waals surface area contributed by atoms with Gasteiger partial charge in [-0.1, -0.05) is 22.0 Å². The largest absolute Gasteiger partial charge is 0.444 e. The average molecular weight is 384 g/mol. The van der Waals surface area contributed by atoms with Crippen LogP contribution in [0.5, 0.6) is 0 Å². The van der Waals surface area contributed by atoms with Crippen molar-refractivity contribution in [2.75, 3.05) is 38.5 Å². The van der Waals surface area contributed by atoms with Gasteiger partial charge in [0.25, 0.3) is 0 Å². The lowest BCUT2D eigenvalue weighted by atomic mass is 10.2. The first-order valence-corrected chi connectivity index (χ1v) is 8.71. The van der Waals surface area contributed by atoms with Crippen molar-refractivity contribution in [1.29, 1.82) is 0 Å². The average Bonchev–Trinajstić information content (AvgIpc) is 2.42. The molecule has 23 heavy (non-hydrogen) atoms. The zero-order valence-corrected chi connectivity index (χ0v) is 15.9. The van der Waals surface area contributed by atoms with E-state index in [-0.39, 0.29) is 0 Å². The minimum Gasteiger partial charge on any atom is -0.444 e. The Morgan fingerprint density at radius 1 is 1.26 bits per heavy atom. The molecule has 1 aliphatic heterocycles. The summed E-state index contributed by atoms with van der Waals surface area (Å²) >= 11 is 3.61. The van der Waals surface area contributed by atoms with Crippen LogP contribution in [-0.2, 0) is 11.3 Å². The zero-order valence-electron chi connectivity index (χ0n) is 14.4. The first-order chi connectivity index (χ1) is 10.7. The number of nitrogens with one attached hydrogen (secondary N) is 1. The second-order valence-corrected chi connectivity index (χ2v) is 7.87. The standard InChI is InChI=1S/C17H26BrN3O2/c1-17(2,3)23-16(22)19-14-6-5-13(15(18)11-14)12-21-9-7-20(4)8-10-21/h5-6,11H,7-10,12H2,1-4H3,(H,19,22). The Hall–Kier alpha value is -1.11. The molecule has 1 aromatic rings. The van der Waals surface area contributed by atoms with E-state index in [4.69, 9.17) is 4.74 Å². The highest BCUT2D eigenvalue weighted by molar-refractivity contribution is 9.10. The molecule has 2 rings (SSSR count). The first-order valence-electron chi connectivity index (χ1n) is 7.92. The second kappa shape index (κ2) is 7.64. The van der Waals surface area contributed by atoms with Crippen molar-refractivity contribution in [3.63, 3.8) is 0 Å². The number of ether oxygens (including phenoxy) is 1. The van der Waals surface area contributed by atoms with Gasteiger partial charge in [-0.15, -0.1) is 0 Å². The van der Waals surface area contributed by atoms with E-state index in [1.165, 1.54) is 5.56 Å². The predicted molar refractivity (Wildman–Crippen MR) is 96.8 cm³/mol. The van der Waals surface area contributed by atoms with Crippen LogP contribution in [0.3, 0.4) is 0 Å². The molecular weight excluding hydrogens is 358 g/mol. The minimum atomic E-state index is -0.497. The number of nitrogens with zero attached hydrogens (tertiary/aromatic N) is 2. The van der Waals surface area contributed by atoms with Gasteiger partial charge in [0, 0.05) is 42.9 Å². The van der Waals surface area contributed by atoms with Crippen molar-refractivity contribution in [3.8, 4) is 0 Å². The first kappa shape index (κ1) is 18.2. The highest BCUT2D eigenvalue weighted by Crippen LogP contribution is 2.24. The fourth-order valence-electron chi connectivity index (χ4n) is 2.42. The number of halogens is 1. The molecule has 6 heteroatoms. The molecule has 1 aliphatic rings. The summed E-state index contributed by atoms with van der Waals surface area (Å²) in [5.41, 5.74) is 1.46. The third-order valence-electron chi connectivity index (χ3n) is 3.69. The summed E-state index contributed by atoms with van der Waals surface area (Å²) in [4.78, 5) is 16.6. The van der Waals surface area contributed by atoms with Crippen LogP contribution in [0.15, 0.2) is 22.7 Å². The van der Waals surface area contributed by atoms with E-state index in [1.807, 2.05) is 32.9 Å². The Bertz CT molecular complexity index is 549. The lowest BCUT2D eigenvalue weighted by Gasteiger charge is -2.32. The molecule has 0 spiro atoms. The van der Waals surface area contributed by atoms with Crippen molar-refractivity contribution < 1.29 is 9.53 Å². The molecule has 0 aromatic heterocycles. The summed E-state index contributed by atoms with van der Waals surface area (Å²) in [6.45, 7) is 10.8. The maximum atomic E-state index is 11.8. The number of likely N-dealkylation sites (N-methyl/N-ethyl adjacent to an activating group) is 1. The van der Waals surface area contributed by atoms with Gasteiger partial charge in [0.2, 0.25) is 0 Å². The van der Waals surface area contributed by atoms with Gasteiger partial charge in [0.15, 0.2) is 0 Å². The third-order valence-corrected chi connectivity index (χ3v) is 4.43. The van der Waals surface area contributed by atoms with Crippen LogP contribution >= 0.6 is 15.9 Å². The van der Waals surface area contributed by atoms with Crippen LogP contribution in [-0.4, -0.2) is 54.7 Å². The van der Waals surface area contributed by atoms with E-state index >= 15 is 0 Å². The van der Waals surface area contributed by atoms with Gasteiger partial charge in [-0.3, -0.25) is 10.2 Å². The van der Waals surface area contributed by atoms with E-state index in [0.717, 1.165) is 42.9 Å². The predicted octanol–water partition coefficient (Wildman–Crippen LogP) is 3.54. The summed E-state index contributed by atoms with van der Waals surface area (Å²) in [5, 5.41) is 2.76. The quantitative estimate of drug-likeness (QED) is 0.866. The number of carbonyl (C=O) groups excluding carboxylic acids is 1. The van der Waals surface area contributed by atoms with Crippen molar-refractivity contribution in [1.82, 2.24) is 9.80 Å². The van der Waals surface area contributed by atoms with E-state index in [2.05, 4.69) is 44.2 Å². The van der Waals surface area contributed by atoms with E-state index in [0.29, 0.717) is 0 Å². The molecule has 0 radical (unpaired) electrons. The Balaban J connectivity index is 1.94. The Morgan fingerprint density at radius 3 is 2.48 bits per heavy atom. The second-order valence-electron chi connectivity index (χ2n) is 7.01. The molecule has 1 aromatic carbocycles. The van der Waals surface area contributed by atoms with Crippen LogP contribution < -0.4 is 5.32 Å². The number of carbonyl (C=O) groups is 1. The fraction of sp³-hybridized carbons (Fsp3) is 0.588. The molecule has 1 amide bonds. The summed E-state index contributed by atoms with van der Waals surface area (Å²) in [5.74, 6) is 0. The van der Waals surface area contributed by atoms with Crippen molar-refractivity contribution in [3.05, 3.63) is 28.2 Å². The Labute approximate surface area is 147 Å². The number of anilines is 1. The highest BCUT2D eigenvalue weighted by atomic mass is 79.9. The monoisotopic (exact) mass is 383 g/mol. The molecule has 1 N–H and O–H groups in total. The number of amides is 1. The van der Waals surface area contributed by atoms with Gasteiger partial charge >= 0.3 is 6.09 Å². The normalized spacial score (nSPS) is 17.1. The van der Waals surface area contributed by atoms with Crippen molar-refractivity contribution in [2.45, 2.75) is 32.9 Å². The molecule has 1 heterocycles. The van der Waals surface area contributed by atoms with Crippen LogP contribution in [0.4, 0.5) is 10.5 Å². The molecule has 1 saturated heterocycles. The van der Waals surface area contributed by atoms with E-state index in [9.17, 15) is 4.79 Å². The molecule has 0 saturated carbocycles. The molecule has 1 fully saturated rings. The maximum absolute atomic E-state index is 11.8. The number of hydrogen-bond acceptors (Lipinski definition) is 4. The molecule has 0 atom stereocenters. The van der Waals surface area contributed by atoms with Gasteiger partial charge in [-0.25, -0.2) is 4.79 Å². The molecule has 5 nitrogen and oxygen atoms in total. The summed E-state index contributed by atoms with van der Waals surface area (Å²) in [6, 6.07) is 5.89. The van der Waals surface area contributed by atoms with Gasteiger partial charge in [-0.05, 0) is 45.5 Å². The lowest BCUT2D eigenvalue weighted by Crippen LogP contribution is -2.43. The van der Waals surface area contributed by atoms with Crippen molar-refractivity contribution >= 4 is 27.7 Å². The van der Waals surface area contributed by atoms with Gasteiger partial charge in [0.1, 0.15) is 5.60 Å². The number of benzene rings is 1. The SMILES string of the molecule is CN1CCN(Cc2ccc(NC(=O)OC(C)(C)C)cc2Br)CC1. The highest BCUT2D eigenvalue weighted by Gasteiger charge is 2.17. The number of rotatable bonds is 3. The Kier molecular flexibility index (Phi) is 6.06. The van der Waals surface area contributed by atoms with E-state index < -0.39 is 11.7 Å². The summed E-state index contributed by atoms with van der Waals surface area (Å²) in [6.07, 6.45) is -0.434. The van der Waals surface area contributed by atoms with E-state index in [1.54, 1.807) is 0 Å². The Morgan fingerprint density at radius 2 is 1.91 bits per heavy atom. The van der Waals surface area contributed by atoms with Gasteiger partial charge in [-0.2, -0.15) is 0 Å². The molecule has 0 unspecified atom stereocenters. The number of piperazine rings is 1. The molecule has 0 aliphatic carbocycles. The van der Waals surface area contributed by atoms with Crippen molar-refractivity contribution in [2.24, 2.45) is 0 Å². The van der Waals surface area contributed by atoms with Crippen LogP contribution in [0.1, 0.15) is 26.3 Å². The van der Waals surface area contributed by atoms with Gasteiger partial charge in [0.05, 0.1) is 0 Å². The van der Waals surface area contributed by atoms with Crippen LogP contribution in [0.25, 0.3) is 0 Å². The lowest BCUT2D eigenvalue weighted by molar-refractivity contribution is 0.0636. The number of hydrogen-bond donors (Lipinski definition) is 1. The summed E-state index contributed by atoms with van der Waals surface area (Å²) < 4.78 is 6.27. The fourth-order valence-corrected chi connectivity index (χ4v) is 2.93. The van der Waals surface area contributed by atoms with Crippen LogP contribution in [0.2, 0.25) is 0 Å². The smallest absolute Gasteiger partial charge is 0.412 e. The maximum Gasteiger partial charge on any atom is 0.412 e. The summed E-state index contributed by atoms with van der Waals surface area (Å²) in [7, 11) is 2.16. The van der Waals surface area contributed by atoms with Gasteiger partial charge < -0.3 is 9.64 Å². The topological polar surface area (TPSA) is 44.8 Å².